The highest BCUT2D eigenvalue weighted by molar-refractivity contribution is 7.10. The van der Waals surface area contributed by atoms with Crippen LogP contribution in [0.15, 0.2) is 35.7 Å². The minimum atomic E-state index is -0.0906. The summed E-state index contributed by atoms with van der Waals surface area (Å²) in [6.07, 6.45) is 0.691. The zero-order valence-corrected chi connectivity index (χ0v) is 13.7. The van der Waals surface area contributed by atoms with Gasteiger partial charge in [-0.1, -0.05) is 29.3 Å². The van der Waals surface area contributed by atoms with Crippen LogP contribution in [0.4, 0.5) is 0 Å². The Morgan fingerprint density at radius 3 is 2.81 bits per heavy atom. The maximum absolute atomic E-state index is 8.79. The molecule has 0 unspecified atom stereocenters. The Morgan fingerprint density at radius 1 is 1.24 bits per heavy atom. The van der Waals surface area contributed by atoms with E-state index in [1.54, 1.807) is 29.5 Å². The minimum Gasteiger partial charge on any atom is -0.483 e. The maximum atomic E-state index is 8.79. The van der Waals surface area contributed by atoms with E-state index in [0.717, 1.165) is 17.8 Å². The summed E-state index contributed by atoms with van der Waals surface area (Å²) in [5, 5.41) is 15.1. The fraction of sp³-hybridized carbons (Fsp3) is 0.333. The molecule has 0 aliphatic carbocycles. The second kappa shape index (κ2) is 8.61. The number of benzene rings is 1. The third-order valence-corrected chi connectivity index (χ3v) is 4.41. The van der Waals surface area contributed by atoms with Gasteiger partial charge in [0.1, 0.15) is 11.9 Å². The van der Waals surface area contributed by atoms with Crippen LogP contribution in [0.3, 0.4) is 0 Å². The zero-order chi connectivity index (χ0) is 15.1. The number of thiophene rings is 1. The number of hydrogen-bond acceptors (Lipinski definition) is 4. The fourth-order valence-electron chi connectivity index (χ4n) is 1.89. The highest BCUT2D eigenvalue weighted by Gasteiger charge is 2.16. The van der Waals surface area contributed by atoms with E-state index >= 15 is 0 Å². The summed E-state index contributed by atoms with van der Waals surface area (Å²) in [6.45, 7) is 1.46. The quantitative estimate of drug-likeness (QED) is 0.706. The van der Waals surface area contributed by atoms with Crippen LogP contribution < -0.4 is 10.1 Å². The van der Waals surface area contributed by atoms with E-state index in [1.165, 1.54) is 0 Å². The summed E-state index contributed by atoms with van der Waals surface area (Å²) < 4.78 is 6.04. The second-order valence-corrected chi connectivity index (χ2v) is 6.28. The lowest BCUT2D eigenvalue weighted by molar-refractivity contribution is 0.196. The topological polar surface area (TPSA) is 41.5 Å². The zero-order valence-electron chi connectivity index (χ0n) is 11.4. The molecule has 1 aromatic carbocycles. The summed E-state index contributed by atoms with van der Waals surface area (Å²) in [7, 11) is 0. The van der Waals surface area contributed by atoms with Crippen LogP contribution in [-0.4, -0.2) is 24.8 Å². The van der Waals surface area contributed by atoms with Gasteiger partial charge in [0, 0.05) is 28.9 Å². The molecule has 0 fully saturated rings. The minimum absolute atomic E-state index is 0.0906. The summed E-state index contributed by atoms with van der Waals surface area (Å²) in [5.41, 5.74) is 0. The van der Waals surface area contributed by atoms with Crippen LogP contribution >= 0.6 is 34.5 Å². The molecule has 114 valence electrons. The molecular weight excluding hydrogens is 329 g/mol. The lowest BCUT2D eigenvalue weighted by atomic mass is 10.2. The Bertz CT molecular complexity index is 549. The fourth-order valence-corrected chi connectivity index (χ4v) is 3.01. The van der Waals surface area contributed by atoms with E-state index in [0.29, 0.717) is 22.3 Å². The van der Waals surface area contributed by atoms with Crippen molar-refractivity contribution in [2.24, 2.45) is 0 Å². The molecule has 0 saturated carbocycles. The van der Waals surface area contributed by atoms with E-state index in [9.17, 15) is 0 Å². The van der Waals surface area contributed by atoms with Crippen molar-refractivity contribution < 1.29 is 9.84 Å². The number of halogens is 2. The summed E-state index contributed by atoms with van der Waals surface area (Å²) in [5.74, 6) is 0.588. The molecule has 0 saturated heterocycles. The molecule has 0 amide bonds. The molecule has 1 heterocycles. The van der Waals surface area contributed by atoms with Crippen LogP contribution in [0.2, 0.25) is 10.0 Å². The molecule has 0 spiro atoms. The first-order chi connectivity index (χ1) is 10.2. The van der Waals surface area contributed by atoms with Crippen molar-refractivity contribution >= 4 is 34.5 Å². The summed E-state index contributed by atoms with van der Waals surface area (Å²) in [6, 6.07) is 9.23. The molecule has 0 aliphatic rings. The summed E-state index contributed by atoms with van der Waals surface area (Å²) in [4.78, 5) is 1.14. The van der Waals surface area contributed by atoms with Gasteiger partial charge < -0.3 is 15.2 Å². The van der Waals surface area contributed by atoms with E-state index in [4.69, 9.17) is 33.0 Å². The molecule has 2 N–H and O–H groups in total. The molecule has 1 aromatic heterocycles. The Hall–Kier alpha value is -0.780. The Kier molecular flexibility index (Phi) is 6.80. The third kappa shape index (κ3) is 5.16. The number of hydrogen-bond donors (Lipinski definition) is 2. The Labute approximate surface area is 138 Å². The average molecular weight is 346 g/mol. The highest BCUT2D eigenvalue weighted by atomic mass is 35.5. The lowest BCUT2D eigenvalue weighted by Gasteiger charge is -2.19. The van der Waals surface area contributed by atoms with Gasteiger partial charge in [-0.3, -0.25) is 0 Å². The van der Waals surface area contributed by atoms with Crippen molar-refractivity contribution in [3.05, 3.63) is 50.6 Å². The normalized spacial score (nSPS) is 12.3. The van der Waals surface area contributed by atoms with Crippen LogP contribution in [0.1, 0.15) is 17.4 Å². The van der Waals surface area contributed by atoms with Gasteiger partial charge in [-0.15, -0.1) is 11.3 Å². The number of rotatable bonds is 8. The Morgan fingerprint density at radius 2 is 2.10 bits per heavy atom. The largest absolute Gasteiger partial charge is 0.483 e. The molecule has 1 atom stereocenters. The average Bonchev–Trinajstić information content (AvgIpc) is 3.00. The van der Waals surface area contributed by atoms with Crippen LogP contribution in [0.5, 0.6) is 5.75 Å². The van der Waals surface area contributed by atoms with E-state index in [-0.39, 0.29) is 12.7 Å². The molecular formula is C15H17Cl2NO2S. The molecule has 2 rings (SSSR count). The first-order valence-electron chi connectivity index (χ1n) is 6.67. The van der Waals surface area contributed by atoms with Crippen molar-refractivity contribution in [2.45, 2.75) is 12.5 Å². The molecule has 2 aromatic rings. The van der Waals surface area contributed by atoms with Gasteiger partial charge in [0.25, 0.3) is 0 Å². The van der Waals surface area contributed by atoms with Crippen molar-refractivity contribution in [3.8, 4) is 5.75 Å². The van der Waals surface area contributed by atoms with Crippen LogP contribution in [0.25, 0.3) is 0 Å². The smallest absolute Gasteiger partial charge is 0.140 e. The van der Waals surface area contributed by atoms with E-state index in [1.807, 2.05) is 17.5 Å². The van der Waals surface area contributed by atoms with Gasteiger partial charge in [0.2, 0.25) is 0 Å². The molecule has 6 heteroatoms. The Balaban J connectivity index is 2.06. The second-order valence-electron chi connectivity index (χ2n) is 4.46. The van der Waals surface area contributed by atoms with Gasteiger partial charge in [-0.05, 0) is 30.1 Å². The van der Waals surface area contributed by atoms with Crippen LogP contribution in [-0.2, 0) is 0 Å². The van der Waals surface area contributed by atoms with Crippen molar-refractivity contribution in [1.82, 2.24) is 5.32 Å². The van der Waals surface area contributed by atoms with Crippen molar-refractivity contribution in [2.75, 3.05) is 19.7 Å². The molecule has 0 bridgehead atoms. The molecule has 0 aliphatic heterocycles. The van der Waals surface area contributed by atoms with Gasteiger partial charge in [0.05, 0.1) is 11.6 Å². The van der Waals surface area contributed by atoms with Gasteiger partial charge in [-0.25, -0.2) is 0 Å². The molecule has 0 radical (unpaired) electrons. The van der Waals surface area contributed by atoms with Crippen LogP contribution in [0, 0.1) is 0 Å². The number of nitrogens with one attached hydrogen (secondary N) is 1. The van der Waals surface area contributed by atoms with E-state index in [2.05, 4.69) is 5.32 Å². The first kappa shape index (κ1) is 16.6. The molecule has 21 heavy (non-hydrogen) atoms. The summed E-state index contributed by atoms with van der Waals surface area (Å²) >= 11 is 13.8. The standard InChI is InChI=1S/C15H17Cl2NO2S/c16-11-3-4-12(17)14(10-11)20-13(5-6-18-7-8-19)15-2-1-9-21-15/h1-4,9-10,13,18-19H,5-8H2/t13-/m1/s1. The van der Waals surface area contributed by atoms with Gasteiger partial charge >= 0.3 is 0 Å². The molecule has 3 nitrogen and oxygen atoms in total. The SMILES string of the molecule is OCCNCC[C@@H](Oc1cc(Cl)ccc1Cl)c1cccs1. The van der Waals surface area contributed by atoms with Gasteiger partial charge in [0.15, 0.2) is 0 Å². The predicted molar refractivity (Wildman–Crippen MR) is 88.7 cm³/mol. The number of aliphatic hydroxyl groups excluding tert-OH is 1. The monoisotopic (exact) mass is 345 g/mol. The maximum Gasteiger partial charge on any atom is 0.140 e. The predicted octanol–water partition coefficient (Wildman–Crippen LogP) is 4.15. The van der Waals surface area contributed by atoms with E-state index < -0.39 is 0 Å². The third-order valence-electron chi connectivity index (χ3n) is 2.89. The van der Waals surface area contributed by atoms with Crippen molar-refractivity contribution in [3.63, 3.8) is 0 Å². The number of ether oxygens (including phenoxy) is 1. The lowest BCUT2D eigenvalue weighted by Crippen LogP contribution is -2.22. The van der Waals surface area contributed by atoms with Crippen molar-refractivity contribution in [1.29, 1.82) is 0 Å². The first-order valence-corrected chi connectivity index (χ1v) is 8.31. The number of aliphatic hydroxyl groups is 1. The van der Waals surface area contributed by atoms with Gasteiger partial charge in [-0.2, -0.15) is 0 Å². The highest BCUT2D eigenvalue weighted by Crippen LogP contribution is 2.34.